The van der Waals surface area contributed by atoms with Gasteiger partial charge in [0.15, 0.2) is 5.12 Å². The van der Waals surface area contributed by atoms with Gasteiger partial charge in [-0.1, -0.05) is 36.0 Å². The number of nitrogens with one attached hydrogen (secondary N) is 1. The van der Waals surface area contributed by atoms with Crippen molar-refractivity contribution in [2.45, 2.75) is 26.1 Å². The van der Waals surface area contributed by atoms with Crippen LogP contribution in [-0.4, -0.2) is 11.0 Å². The van der Waals surface area contributed by atoms with Crippen LogP contribution in [0.1, 0.15) is 25.0 Å². The van der Waals surface area contributed by atoms with Crippen LogP contribution in [0.5, 0.6) is 0 Å². The maximum absolute atomic E-state index is 10.8. The summed E-state index contributed by atoms with van der Waals surface area (Å²) < 4.78 is 0. The van der Waals surface area contributed by atoms with Crippen molar-refractivity contribution in [2.75, 3.05) is 0 Å². The van der Waals surface area contributed by atoms with Crippen molar-refractivity contribution in [3.63, 3.8) is 0 Å². The summed E-state index contributed by atoms with van der Waals surface area (Å²) in [5.74, 6) is 0.673. The van der Waals surface area contributed by atoms with Crippen LogP contribution in [-0.2, 0) is 21.9 Å². The van der Waals surface area contributed by atoms with E-state index in [0.717, 1.165) is 11.1 Å². The molecule has 0 fully saturated rings. The van der Waals surface area contributed by atoms with E-state index < -0.39 is 0 Å². The molecule has 0 aliphatic carbocycles. The molecule has 0 atom stereocenters. The molecule has 1 N–H and O–H groups in total. The van der Waals surface area contributed by atoms with Gasteiger partial charge in [0, 0.05) is 26.1 Å². The van der Waals surface area contributed by atoms with E-state index in [2.05, 4.69) is 5.32 Å². The lowest BCUT2D eigenvalue weighted by Gasteiger charge is -2.04. The Kier molecular flexibility index (Phi) is 5.05. The van der Waals surface area contributed by atoms with Crippen LogP contribution in [0.15, 0.2) is 24.3 Å². The number of carbonyl (C=O) groups excluding carboxylic acids is 2. The van der Waals surface area contributed by atoms with E-state index in [1.165, 1.54) is 18.7 Å². The summed E-state index contributed by atoms with van der Waals surface area (Å²) in [7, 11) is 0. The molecule has 0 heterocycles. The standard InChI is InChI=1S/C12H15NO2S/c1-9(14)13-7-11-3-5-12(6-4-11)8-16-10(2)15/h3-6H,7-8H2,1-2H3,(H,13,14). The van der Waals surface area contributed by atoms with Crippen LogP contribution >= 0.6 is 11.8 Å². The highest BCUT2D eigenvalue weighted by molar-refractivity contribution is 8.12. The molecule has 0 unspecified atom stereocenters. The Hall–Kier alpha value is -1.29. The molecule has 1 rings (SSSR count). The Morgan fingerprint density at radius 1 is 1.12 bits per heavy atom. The van der Waals surface area contributed by atoms with E-state index in [1.807, 2.05) is 24.3 Å². The Morgan fingerprint density at radius 3 is 2.19 bits per heavy atom. The topological polar surface area (TPSA) is 46.2 Å². The molecule has 3 nitrogen and oxygen atoms in total. The summed E-state index contributed by atoms with van der Waals surface area (Å²) in [5, 5.41) is 2.86. The van der Waals surface area contributed by atoms with Gasteiger partial charge in [-0.25, -0.2) is 0 Å². The summed E-state index contributed by atoms with van der Waals surface area (Å²) in [4.78, 5) is 21.5. The van der Waals surface area contributed by atoms with Gasteiger partial charge in [-0.3, -0.25) is 9.59 Å². The molecule has 0 aliphatic heterocycles. The van der Waals surface area contributed by atoms with Crippen molar-refractivity contribution in [3.05, 3.63) is 35.4 Å². The SMILES string of the molecule is CC(=O)NCc1ccc(CSC(C)=O)cc1. The molecular formula is C12H15NO2S. The molecule has 0 bridgehead atoms. The van der Waals surface area contributed by atoms with E-state index in [-0.39, 0.29) is 11.0 Å². The molecule has 0 saturated carbocycles. The lowest BCUT2D eigenvalue weighted by atomic mass is 10.1. The molecule has 86 valence electrons. The van der Waals surface area contributed by atoms with E-state index in [0.29, 0.717) is 12.3 Å². The van der Waals surface area contributed by atoms with Gasteiger partial charge in [-0.05, 0) is 11.1 Å². The van der Waals surface area contributed by atoms with Crippen molar-refractivity contribution in [2.24, 2.45) is 0 Å². The van der Waals surface area contributed by atoms with Gasteiger partial charge in [0.25, 0.3) is 0 Å². The summed E-state index contributed by atoms with van der Waals surface area (Å²) in [6, 6.07) is 7.89. The average Bonchev–Trinajstić information content (AvgIpc) is 2.25. The first-order valence-corrected chi connectivity index (χ1v) is 6.02. The maximum atomic E-state index is 10.8. The number of thioether (sulfide) groups is 1. The Bertz CT molecular complexity index is 336. The summed E-state index contributed by atoms with van der Waals surface area (Å²) >= 11 is 1.30. The highest BCUT2D eigenvalue weighted by Gasteiger charge is 1.98. The zero-order chi connectivity index (χ0) is 12.0. The minimum absolute atomic E-state index is 0.0313. The first-order chi connectivity index (χ1) is 7.58. The second-order valence-corrected chi connectivity index (χ2v) is 4.66. The van der Waals surface area contributed by atoms with E-state index in [1.54, 1.807) is 6.92 Å². The first-order valence-electron chi connectivity index (χ1n) is 5.03. The predicted molar refractivity (Wildman–Crippen MR) is 65.9 cm³/mol. The van der Waals surface area contributed by atoms with Crippen LogP contribution < -0.4 is 5.32 Å². The number of hydrogen-bond acceptors (Lipinski definition) is 3. The van der Waals surface area contributed by atoms with Gasteiger partial charge in [0.05, 0.1) is 0 Å². The molecule has 1 aromatic rings. The minimum Gasteiger partial charge on any atom is -0.352 e. The number of hydrogen-bond donors (Lipinski definition) is 1. The van der Waals surface area contributed by atoms with Crippen LogP contribution in [0.2, 0.25) is 0 Å². The molecule has 0 spiro atoms. The van der Waals surface area contributed by atoms with Crippen LogP contribution in [0, 0.1) is 0 Å². The largest absolute Gasteiger partial charge is 0.352 e. The molecule has 1 amide bonds. The minimum atomic E-state index is -0.0313. The fourth-order valence-electron chi connectivity index (χ4n) is 1.16. The Labute approximate surface area is 99.6 Å². The fourth-order valence-corrected chi connectivity index (χ4v) is 1.73. The summed E-state index contributed by atoms with van der Waals surface area (Å²) in [6.45, 7) is 3.61. The normalized spacial score (nSPS) is 9.88. The fraction of sp³-hybridized carbons (Fsp3) is 0.333. The van der Waals surface area contributed by atoms with Crippen molar-refractivity contribution in [1.29, 1.82) is 0 Å². The van der Waals surface area contributed by atoms with Gasteiger partial charge in [-0.2, -0.15) is 0 Å². The highest BCUT2D eigenvalue weighted by Crippen LogP contribution is 2.13. The van der Waals surface area contributed by atoms with Gasteiger partial charge < -0.3 is 5.32 Å². The van der Waals surface area contributed by atoms with Crippen molar-refractivity contribution >= 4 is 22.8 Å². The first kappa shape index (κ1) is 12.8. The number of amides is 1. The summed E-state index contributed by atoms with van der Waals surface area (Å²) in [5.41, 5.74) is 2.18. The van der Waals surface area contributed by atoms with Crippen molar-refractivity contribution in [3.8, 4) is 0 Å². The van der Waals surface area contributed by atoms with Gasteiger partial charge in [0.2, 0.25) is 5.91 Å². The number of carbonyl (C=O) groups is 2. The lowest BCUT2D eigenvalue weighted by molar-refractivity contribution is -0.119. The van der Waals surface area contributed by atoms with Gasteiger partial charge >= 0.3 is 0 Å². The zero-order valence-corrected chi connectivity index (χ0v) is 10.3. The Balaban J connectivity index is 2.47. The predicted octanol–water partition coefficient (Wildman–Crippen LogP) is 2.10. The Morgan fingerprint density at radius 2 is 1.69 bits per heavy atom. The smallest absolute Gasteiger partial charge is 0.217 e. The maximum Gasteiger partial charge on any atom is 0.217 e. The molecule has 0 saturated heterocycles. The quantitative estimate of drug-likeness (QED) is 0.872. The summed E-state index contributed by atoms with van der Waals surface area (Å²) in [6.07, 6.45) is 0. The third-order valence-electron chi connectivity index (χ3n) is 2.01. The third kappa shape index (κ3) is 4.98. The number of rotatable bonds is 4. The second kappa shape index (κ2) is 6.33. The monoisotopic (exact) mass is 237 g/mol. The molecule has 0 radical (unpaired) electrons. The van der Waals surface area contributed by atoms with Crippen LogP contribution in [0.4, 0.5) is 0 Å². The van der Waals surface area contributed by atoms with Crippen LogP contribution in [0.25, 0.3) is 0 Å². The van der Waals surface area contributed by atoms with Gasteiger partial charge in [-0.15, -0.1) is 0 Å². The van der Waals surface area contributed by atoms with E-state index >= 15 is 0 Å². The van der Waals surface area contributed by atoms with E-state index in [9.17, 15) is 9.59 Å². The highest BCUT2D eigenvalue weighted by atomic mass is 32.2. The lowest BCUT2D eigenvalue weighted by Crippen LogP contribution is -2.18. The van der Waals surface area contributed by atoms with E-state index in [4.69, 9.17) is 0 Å². The molecule has 16 heavy (non-hydrogen) atoms. The third-order valence-corrected chi connectivity index (χ3v) is 2.89. The molecule has 0 aromatic heterocycles. The van der Waals surface area contributed by atoms with Crippen LogP contribution in [0.3, 0.4) is 0 Å². The molecule has 1 aromatic carbocycles. The molecule has 4 heteroatoms. The van der Waals surface area contributed by atoms with Crippen molar-refractivity contribution < 1.29 is 9.59 Å². The molecular weight excluding hydrogens is 222 g/mol. The molecule has 0 aliphatic rings. The van der Waals surface area contributed by atoms with Crippen molar-refractivity contribution in [1.82, 2.24) is 5.32 Å². The second-order valence-electron chi connectivity index (χ2n) is 3.51. The van der Waals surface area contributed by atoms with Gasteiger partial charge in [0.1, 0.15) is 0 Å². The average molecular weight is 237 g/mol. The number of benzene rings is 1. The zero-order valence-electron chi connectivity index (χ0n) is 9.45.